The molecule has 1 heterocycles. The van der Waals surface area contributed by atoms with Gasteiger partial charge in [0, 0.05) is 23.9 Å². The summed E-state index contributed by atoms with van der Waals surface area (Å²) in [4.78, 5) is 47.8. The van der Waals surface area contributed by atoms with Crippen molar-refractivity contribution in [3.05, 3.63) is 98.2 Å². The van der Waals surface area contributed by atoms with Gasteiger partial charge >= 0.3 is 5.91 Å². The summed E-state index contributed by atoms with van der Waals surface area (Å²) in [6.07, 6.45) is 0.448. The van der Waals surface area contributed by atoms with Gasteiger partial charge in [0.05, 0.1) is 22.9 Å². The third-order valence-electron chi connectivity index (χ3n) is 5.39. The molecule has 0 aliphatic heterocycles. The van der Waals surface area contributed by atoms with Gasteiger partial charge in [0.15, 0.2) is 5.78 Å². The van der Waals surface area contributed by atoms with Crippen molar-refractivity contribution in [2.75, 3.05) is 5.73 Å². The molecular formula is C25H24F2N4O4. The van der Waals surface area contributed by atoms with E-state index in [0.29, 0.717) is 18.2 Å². The monoisotopic (exact) mass is 482 g/mol. The van der Waals surface area contributed by atoms with Gasteiger partial charge < -0.3 is 11.1 Å². The first-order valence-corrected chi connectivity index (χ1v) is 10.8. The number of nitrogens with one attached hydrogen (secondary N) is 1. The number of hydrogen-bond acceptors (Lipinski definition) is 6. The second-order valence-electron chi connectivity index (χ2n) is 8.42. The Kier molecular flexibility index (Phi) is 7.98. The third-order valence-corrected chi connectivity index (χ3v) is 5.39. The number of nitrogens with zero attached hydrogens (tertiary/aromatic N) is 2. The summed E-state index contributed by atoms with van der Waals surface area (Å²) < 4.78 is 28.4. The Bertz CT molecular complexity index is 1320. The van der Waals surface area contributed by atoms with E-state index in [1.165, 1.54) is 6.07 Å². The maximum absolute atomic E-state index is 14.1. The van der Waals surface area contributed by atoms with Crippen molar-refractivity contribution < 1.29 is 18.4 Å². The molecule has 0 spiro atoms. The highest BCUT2D eigenvalue weighted by Crippen LogP contribution is 2.21. The molecule has 2 aromatic carbocycles. The maximum atomic E-state index is 14.1. The molecule has 1 amide bonds. The van der Waals surface area contributed by atoms with Gasteiger partial charge in [-0.05, 0) is 48.2 Å². The van der Waals surface area contributed by atoms with Crippen LogP contribution < -0.4 is 16.6 Å². The number of nitroso groups, excluding NO2 is 1. The van der Waals surface area contributed by atoms with Crippen molar-refractivity contribution in [1.82, 2.24) is 9.88 Å². The highest BCUT2D eigenvalue weighted by Gasteiger charge is 2.21. The van der Waals surface area contributed by atoms with Crippen LogP contribution in [0.15, 0.2) is 64.6 Å². The number of hydrogen-bond donors (Lipinski definition) is 2. The summed E-state index contributed by atoms with van der Waals surface area (Å²) >= 11 is 0. The van der Waals surface area contributed by atoms with Crippen LogP contribution in [0.1, 0.15) is 41.8 Å². The lowest BCUT2D eigenvalue weighted by atomic mass is 10.0. The molecule has 3 aromatic rings. The average Bonchev–Trinajstić information content (AvgIpc) is 2.81. The molecule has 1 aromatic heterocycles. The molecule has 8 nitrogen and oxygen atoms in total. The zero-order chi connectivity index (χ0) is 25.7. The molecule has 182 valence electrons. The van der Waals surface area contributed by atoms with Crippen molar-refractivity contribution in [1.29, 1.82) is 0 Å². The Morgan fingerprint density at radius 3 is 2.29 bits per heavy atom. The van der Waals surface area contributed by atoms with Crippen LogP contribution in [0.3, 0.4) is 0 Å². The second kappa shape index (κ2) is 10.9. The molecule has 10 heteroatoms. The minimum absolute atomic E-state index is 0.114. The molecular weight excluding hydrogens is 458 g/mol. The number of nitrogen functional groups attached to an aromatic ring is 1. The number of ketones is 1. The lowest BCUT2D eigenvalue weighted by molar-refractivity contribution is -0.120. The van der Waals surface area contributed by atoms with Gasteiger partial charge in [-0.1, -0.05) is 26.0 Å². The van der Waals surface area contributed by atoms with Gasteiger partial charge in [0.2, 0.25) is 0 Å². The first-order chi connectivity index (χ1) is 16.6. The average molecular weight is 482 g/mol. The molecule has 3 rings (SSSR count). The zero-order valence-electron chi connectivity index (χ0n) is 19.1. The van der Waals surface area contributed by atoms with Crippen LogP contribution in [-0.4, -0.2) is 22.3 Å². The van der Waals surface area contributed by atoms with Crippen LogP contribution in [0.5, 0.6) is 0 Å². The van der Waals surface area contributed by atoms with E-state index in [1.54, 1.807) is 24.3 Å². The minimum Gasteiger partial charge on any atom is -0.384 e. The largest absolute Gasteiger partial charge is 0.384 e. The van der Waals surface area contributed by atoms with Crippen molar-refractivity contribution in [2.24, 2.45) is 11.1 Å². The lowest BCUT2D eigenvalue weighted by Gasteiger charge is -2.17. The number of carbonyl (C=O) groups is 2. The van der Waals surface area contributed by atoms with Crippen molar-refractivity contribution in [3.63, 3.8) is 0 Å². The fourth-order valence-corrected chi connectivity index (χ4v) is 3.64. The molecule has 1 atom stereocenters. The van der Waals surface area contributed by atoms with Crippen LogP contribution in [0.25, 0.3) is 5.69 Å². The zero-order valence-corrected chi connectivity index (χ0v) is 19.1. The van der Waals surface area contributed by atoms with Gasteiger partial charge in [-0.3, -0.25) is 19.0 Å². The molecule has 35 heavy (non-hydrogen) atoms. The van der Waals surface area contributed by atoms with E-state index in [4.69, 9.17) is 5.73 Å². The highest BCUT2D eigenvalue weighted by atomic mass is 19.1. The number of pyridine rings is 1. The van der Waals surface area contributed by atoms with Crippen molar-refractivity contribution in [3.8, 4) is 5.69 Å². The Hall–Kier alpha value is -4.05. The van der Waals surface area contributed by atoms with E-state index in [2.05, 4.69) is 10.5 Å². The summed E-state index contributed by atoms with van der Waals surface area (Å²) in [6, 6.07) is 10.8. The lowest BCUT2D eigenvalue weighted by Crippen LogP contribution is -2.36. The second-order valence-corrected chi connectivity index (χ2v) is 8.42. The molecule has 0 aliphatic rings. The summed E-state index contributed by atoms with van der Waals surface area (Å²) in [7, 11) is 0. The number of halogens is 2. The Morgan fingerprint density at radius 1 is 1.03 bits per heavy atom. The number of rotatable bonds is 9. The van der Waals surface area contributed by atoms with E-state index in [-0.39, 0.29) is 29.4 Å². The van der Waals surface area contributed by atoms with Crippen molar-refractivity contribution in [2.45, 2.75) is 32.9 Å². The van der Waals surface area contributed by atoms with E-state index in [0.717, 1.165) is 28.3 Å². The highest BCUT2D eigenvalue weighted by molar-refractivity contribution is 6.11. The molecule has 0 bridgehead atoms. The number of carbonyl (C=O) groups excluding carboxylic acids is 2. The van der Waals surface area contributed by atoms with Gasteiger partial charge in [-0.25, -0.2) is 8.78 Å². The van der Waals surface area contributed by atoms with Crippen LogP contribution in [0.4, 0.5) is 14.6 Å². The standard InChI is InChI=1S/C25H24F2N4O4/c1-14(2)11-21(25(34)30-35)29-13-15-3-6-17(7-4-15)31-22(32)10-9-19(24(31)28)23(33)18-8-5-16(26)12-20(18)27/h3-10,12,14,21,29H,11,13,28H2,1-2H3. The van der Waals surface area contributed by atoms with E-state index in [1.807, 2.05) is 13.8 Å². The third kappa shape index (κ3) is 5.90. The SMILES string of the molecule is CC(C)CC(NCc1ccc(-n2c(N)c(C(=O)c3ccc(F)cc3F)ccc2=O)cc1)C(=O)N=O. The Balaban J connectivity index is 1.86. The van der Waals surface area contributed by atoms with Gasteiger partial charge in [-0.2, -0.15) is 0 Å². The number of nitrogens with two attached hydrogens (primary N) is 1. The molecule has 0 aliphatic carbocycles. The Morgan fingerprint density at radius 2 is 1.69 bits per heavy atom. The Labute approximate surface area is 199 Å². The molecule has 0 saturated carbocycles. The van der Waals surface area contributed by atoms with E-state index in [9.17, 15) is 28.1 Å². The van der Waals surface area contributed by atoms with E-state index < -0.39 is 34.9 Å². The fraction of sp³-hybridized carbons (Fsp3) is 0.240. The number of benzene rings is 2. The molecule has 1 unspecified atom stereocenters. The maximum Gasteiger partial charge on any atom is 0.303 e. The fourth-order valence-electron chi connectivity index (χ4n) is 3.64. The summed E-state index contributed by atoms with van der Waals surface area (Å²) in [6.45, 7) is 4.12. The molecule has 0 radical (unpaired) electrons. The molecule has 0 saturated heterocycles. The van der Waals surface area contributed by atoms with Gasteiger partial charge in [0.25, 0.3) is 5.56 Å². The quantitative estimate of drug-likeness (QED) is 0.354. The minimum atomic E-state index is -1.04. The first kappa shape index (κ1) is 25.6. The van der Waals surface area contributed by atoms with Crippen LogP contribution in [-0.2, 0) is 11.3 Å². The van der Waals surface area contributed by atoms with Crippen LogP contribution >= 0.6 is 0 Å². The normalized spacial score (nSPS) is 11.9. The predicted octanol–water partition coefficient (Wildman–Crippen LogP) is 3.73. The number of amides is 1. The van der Waals surface area contributed by atoms with E-state index >= 15 is 0 Å². The van der Waals surface area contributed by atoms with Gasteiger partial charge in [-0.15, -0.1) is 4.91 Å². The van der Waals surface area contributed by atoms with Gasteiger partial charge in [0.1, 0.15) is 17.5 Å². The first-order valence-electron chi connectivity index (χ1n) is 10.8. The predicted molar refractivity (Wildman–Crippen MR) is 127 cm³/mol. The smallest absolute Gasteiger partial charge is 0.303 e. The topological polar surface area (TPSA) is 124 Å². The number of anilines is 1. The summed E-state index contributed by atoms with van der Waals surface area (Å²) in [5.74, 6) is -3.45. The molecule has 3 N–H and O–H groups in total. The van der Waals surface area contributed by atoms with Crippen LogP contribution in [0, 0.1) is 22.5 Å². The summed E-state index contributed by atoms with van der Waals surface area (Å²) in [5, 5.41) is 5.52. The summed E-state index contributed by atoms with van der Waals surface area (Å²) in [5.41, 5.74) is 6.24. The molecule has 0 fully saturated rings. The van der Waals surface area contributed by atoms with Crippen molar-refractivity contribution >= 4 is 17.5 Å². The number of aromatic nitrogens is 1. The van der Waals surface area contributed by atoms with Crippen LogP contribution in [0.2, 0.25) is 0 Å².